The highest BCUT2D eigenvalue weighted by atomic mass is 16.2. The first-order valence-corrected chi connectivity index (χ1v) is 13.6. The second kappa shape index (κ2) is 9.84. The van der Waals surface area contributed by atoms with E-state index in [4.69, 9.17) is 0 Å². The van der Waals surface area contributed by atoms with E-state index in [2.05, 4.69) is 101 Å². The fraction of sp³-hybridized carbons (Fsp3) is 0.406. The molecule has 36 heavy (non-hydrogen) atoms. The number of likely N-dealkylation sites (tertiary alicyclic amines) is 1. The molecule has 2 fully saturated rings. The van der Waals surface area contributed by atoms with Gasteiger partial charge in [0.2, 0.25) is 5.91 Å². The summed E-state index contributed by atoms with van der Waals surface area (Å²) in [6, 6.07) is 28.4. The third kappa shape index (κ3) is 3.97. The van der Waals surface area contributed by atoms with Gasteiger partial charge in [-0.25, -0.2) is 0 Å². The maximum Gasteiger partial charge on any atom is 0.228 e. The zero-order valence-electron chi connectivity index (χ0n) is 21.2. The van der Waals surface area contributed by atoms with Crippen molar-refractivity contribution >= 4 is 5.91 Å². The Morgan fingerprint density at radius 3 is 2.39 bits per heavy atom. The first-order chi connectivity index (χ1) is 17.7. The molecular formula is C32H37N3O. The molecule has 0 unspecified atom stereocenters. The van der Waals surface area contributed by atoms with Gasteiger partial charge in [-0.15, -0.1) is 0 Å². The smallest absolute Gasteiger partial charge is 0.228 e. The fourth-order valence-corrected chi connectivity index (χ4v) is 7.15. The van der Waals surface area contributed by atoms with Crippen LogP contribution >= 0.6 is 0 Å². The van der Waals surface area contributed by atoms with Crippen LogP contribution in [-0.2, 0) is 23.2 Å². The quantitative estimate of drug-likeness (QED) is 0.556. The van der Waals surface area contributed by atoms with Gasteiger partial charge in [-0.3, -0.25) is 4.79 Å². The highest BCUT2D eigenvalue weighted by Gasteiger charge is 2.52. The molecule has 4 nitrogen and oxygen atoms in total. The molecule has 2 saturated heterocycles. The zero-order valence-corrected chi connectivity index (χ0v) is 21.2. The molecule has 0 saturated carbocycles. The van der Waals surface area contributed by atoms with Gasteiger partial charge in [0.1, 0.15) is 0 Å². The van der Waals surface area contributed by atoms with Crippen LogP contribution < -0.4 is 10.6 Å². The molecule has 3 aliphatic heterocycles. The lowest BCUT2D eigenvalue weighted by atomic mass is 9.67. The number of hydrogen-bond acceptors (Lipinski definition) is 3. The number of piperidine rings is 1. The summed E-state index contributed by atoms with van der Waals surface area (Å²) in [5, 5.41) is 7.33. The van der Waals surface area contributed by atoms with Crippen LogP contribution in [0.3, 0.4) is 0 Å². The van der Waals surface area contributed by atoms with Crippen molar-refractivity contribution in [3.63, 3.8) is 0 Å². The normalized spacial score (nSPS) is 27.7. The van der Waals surface area contributed by atoms with Crippen LogP contribution in [-0.4, -0.2) is 37.0 Å². The molecule has 0 aromatic heterocycles. The fourth-order valence-electron chi connectivity index (χ4n) is 7.15. The largest absolute Gasteiger partial charge is 0.335 e. The van der Waals surface area contributed by atoms with Crippen LogP contribution in [0.15, 0.2) is 78.9 Å². The Morgan fingerprint density at radius 2 is 1.64 bits per heavy atom. The lowest BCUT2D eigenvalue weighted by Crippen LogP contribution is -2.55. The van der Waals surface area contributed by atoms with Gasteiger partial charge in [-0.2, -0.15) is 0 Å². The minimum absolute atomic E-state index is 0.0596. The first kappa shape index (κ1) is 23.4. The molecule has 3 aromatic carbocycles. The number of hydrogen-bond donors (Lipinski definition) is 2. The van der Waals surface area contributed by atoms with Crippen molar-refractivity contribution in [2.45, 2.75) is 50.1 Å². The number of fused-ring (bicyclic) bond motifs is 2. The van der Waals surface area contributed by atoms with E-state index in [0.717, 1.165) is 52.0 Å². The van der Waals surface area contributed by atoms with Crippen molar-refractivity contribution in [1.82, 2.24) is 15.5 Å². The Labute approximate surface area is 215 Å². The number of aryl methyl sites for hydroxylation is 1. The van der Waals surface area contributed by atoms with E-state index in [0.29, 0.717) is 11.8 Å². The monoisotopic (exact) mass is 479 g/mol. The standard InChI is InChI=1S/C32H37N3O/c1-2-23-14-9-15-28-27(23)19-33-21-32(28)22-34-20-29(32)31(36)35-17-16-26(24-10-5-3-6-11-24)18-30(35)25-12-7-4-8-13-25/h3-15,26,29-30,33-34H,2,16-22H2,1H3/t26-,29+,30+,32+/m1/s1. The Hall–Kier alpha value is -2.95. The number of rotatable bonds is 4. The molecule has 0 radical (unpaired) electrons. The molecule has 0 aliphatic carbocycles. The third-order valence-corrected chi connectivity index (χ3v) is 9.03. The molecule has 2 N–H and O–H groups in total. The summed E-state index contributed by atoms with van der Waals surface area (Å²) >= 11 is 0. The van der Waals surface area contributed by atoms with Crippen molar-refractivity contribution in [2.24, 2.45) is 5.92 Å². The van der Waals surface area contributed by atoms with E-state index in [1.165, 1.54) is 27.8 Å². The summed E-state index contributed by atoms with van der Waals surface area (Å²) < 4.78 is 0. The summed E-state index contributed by atoms with van der Waals surface area (Å²) in [6.45, 7) is 6.39. The molecule has 1 spiro atoms. The van der Waals surface area contributed by atoms with Crippen LogP contribution in [0.2, 0.25) is 0 Å². The first-order valence-electron chi connectivity index (χ1n) is 13.6. The number of carbonyl (C=O) groups is 1. The van der Waals surface area contributed by atoms with Crippen LogP contribution in [0.4, 0.5) is 0 Å². The molecule has 3 aliphatic rings. The summed E-state index contributed by atoms with van der Waals surface area (Å²) in [5.41, 5.74) is 6.66. The van der Waals surface area contributed by atoms with Crippen molar-refractivity contribution in [2.75, 3.05) is 26.2 Å². The summed E-state index contributed by atoms with van der Waals surface area (Å²) in [5.74, 6) is 0.730. The van der Waals surface area contributed by atoms with Gasteiger partial charge in [-0.05, 0) is 53.0 Å². The SMILES string of the molecule is CCc1cccc2c1CNC[C@]21CNC[C@H]1C(=O)N1CC[C@@H](c2ccccc2)C[C@H]1c1ccccc1. The second-order valence-corrected chi connectivity index (χ2v) is 10.8. The van der Waals surface area contributed by atoms with E-state index in [1.807, 2.05) is 0 Å². The topological polar surface area (TPSA) is 44.4 Å². The lowest BCUT2D eigenvalue weighted by molar-refractivity contribution is -0.141. The van der Waals surface area contributed by atoms with Crippen LogP contribution in [0.5, 0.6) is 0 Å². The second-order valence-electron chi connectivity index (χ2n) is 10.8. The van der Waals surface area contributed by atoms with Gasteiger partial charge in [0.15, 0.2) is 0 Å². The highest BCUT2D eigenvalue weighted by molar-refractivity contribution is 5.82. The van der Waals surface area contributed by atoms with Gasteiger partial charge < -0.3 is 15.5 Å². The molecule has 186 valence electrons. The minimum atomic E-state index is -0.187. The molecule has 3 aromatic rings. The van der Waals surface area contributed by atoms with Crippen molar-refractivity contribution < 1.29 is 4.79 Å². The van der Waals surface area contributed by atoms with E-state index in [-0.39, 0.29) is 17.4 Å². The number of nitrogens with zero attached hydrogens (tertiary/aromatic N) is 1. The third-order valence-electron chi connectivity index (χ3n) is 9.03. The Morgan fingerprint density at radius 1 is 0.917 bits per heavy atom. The van der Waals surface area contributed by atoms with Gasteiger partial charge in [-0.1, -0.05) is 85.8 Å². The van der Waals surface area contributed by atoms with Gasteiger partial charge >= 0.3 is 0 Å². The molecule has 4 atom stereocenters. The van der Waals surface area contributed by atoms with E-state index >= 15 is 0 Å². The van der Waals surface area contributed by atoms with Crippen LogP contribution in [0, 0.1) is 5.92 Å². The molecule has 0 bridgehead atoms. The van der Waals surface area contributed by atoms with E-state index in [1.54, 1.807) is 0 Å². The minimum Gasteiger partial charge on any atom is -0.335 e. The average Bonchev–Trinajstić information content (AvgIpc) is 3.37. The lowest BCUT2D eigenvalue weighted by Gasteiger charge is -2.45. The zero-order chi connectivity index (χ0) is 24.5. The Balaban J connectivity index is 1.35. The van der Waals surface area contributed by atoms with Crippen LogP contribution in [0.25, 0.3) is 0 Å². The van der Waals surface area contributed by atoms with E-state index in [9.17, 15) is 4.79 Å². The van der Waals surface area contributed by atoms with E-state index < -0.39 is 0 Å². The molecule has 1 amide bonds. The summed E-state index contributed by atoms with van der Waals surface area (Å²) in [6.07, 6.45) is 3.01. The van der Waals surface area contributed by atoms with Gasteiger partial charge in [0.25, 0.3) is 0 Å². The molecule has 6 rings (SSSR count). The Kier molecular flexibility index (Phi) is 6.41. The van der Waals surface area contributed by atoms with Crippen molar-refractivity contribution in [1.29, 1.82) is 0 Å². The molecule has 3 heterocycles. The maximum absolute atomic E-state index is 14.5. The van der Waals surface area contributed by atoms with Gasteiger partial charge in [0, 0.05) is 38.1 Å². The van der Waals surface area contributed by atoms with Crippen molar-refractivity contribution in [3.8, 4) is 0 Å². The molecular weight excluding hydrogens is 442 g/mol. The summed E-state index contributed by atoms with van der Waals surface area (Å²) in [4.78, 5) is 16.8. The molecule has 4 heteroatoms. The average molecular weight is 480 g/mol. The number of amides is 1. The number of nitrogens with one attached hydrogen (secondary N) is 2. The van der Waals surface area contributed by atoms with Crippen molar-refractivity contribution in [3.05, 3.63) is 107 Å². The predicted molar refractivity (Wildman–Crippen MR) is 145 cm³/mol. The summed E-state index contributed by atoms with van der Waals surface area (Å²) in [7, 11) is 0. The maximum atomic E-state index is 14.5. The van der Waals surface area contributed by atoms with Gasteiger partial charge in [0.05, 0.1) is 12.0 Å². The Bertz CT molecular complexity index is 1210. The highest BCUT2D eigenvalue weighted by Crippen LogP contribution is 2.45. The number of benzene rings is 3. The predicted octanol–water partition coefficient (Wildman–Crippen LogP) is 4.96. The van der Waals surface area contributed by atoms with Crippen LogP contribution in [0.1, 0.15) is 59.5 Å². The number of carbonyl (C=O) groups excluding carboxylic acids is 1.